The van der Waals surface area contributed by atoms with Crippen LogP contribution in [0.1, 0.15) is 17.5 Å². The molecule has 0 N–H and O–H groups in total. The minimum absolute atomic E-state index is 0.660. The summed E-state index contributed by atoms with van der Waals surface area (Å²) in [6, 6.07) is 52.8. The van der Waals surface area contributed by atoms with Gasteiger partial charge in [0.1, 0.15) is 11.2 Å². The van der Waals surface area contributed by atoms with Crippen LogP contribution in [0.15, 0.2) is 162 Å². The van der Waals surface area contributed by atoms with Gasteiger partial charge in [0, 0.05) is 33.0 Å². The predicted molar refractivity (Wildman–Crippen MR) is 209 cm³/mol. The number of fused-ring (bicyclic) bond motifs is 5. The maximum Gasteiger partial charge on any atom is 0.164 e. The molecule has 2 aromatic heterocycles. The quantitative estimate of drug-likeness (QED) is 0.185. The van der Waals surface area contributed by atoms with Crippen LogP contribution in [0.25, 0.3) is 95.2 Å². The largest absolute Gasteiger partial charge is 0.455 e. The molecule has 4 nitrogen and oxygen atoms in total. The number of para-hydroxylation sites is 1. The molecule has 0 atom stereocenters. The van der Waals surface area contributed by atoms with Crippen molar-refractivity contribution in [3.8, 4) is 56.4 Å². The highest BCUT2D eigenvalue weighted by molar-refractivity contribution is 6.17. The molecular weight excluding hydrogens is 623 g/mol. The molecule has 0 spiro atoms. The number of nitrogens with zero attached hydrogens (tertiary/aromatic N) is 3. The summed E-state index contributed by atoms with van der Waals surface area (Å²) >= 11 is 0. The average Bonchev–Trinajstić information content (AvgIpc) is 3.60. The smallest absolute Gasteiger partial charge is 0.164 e. The molecule has 51 heavy (non-hydrogen) atoms. The number of allylic oxidation sites excluding steroid dienone is 1. The van der Waals surface area contributed by atoms with E-state index in [4.69, 9.17) is 19.4 Å². The second kappa shape index (κ2) is 12.0. The Kier molecular flexibility index (Phi) is 6.91. The zero-order valence-electron chi connectivity index (χ0n) is 27.8. The molecule has 0 amide bonds. The molecule has 4 heteroatoms. The molecule has 1 aliphatic carbocycles. The molecular formula is C47H31N3O. The first kappa shape index (κ1) is 29.3. The van der Waals surface area contributed by atoms with Crippen LogP contribution in [0.3, 0.4) is 0 Å². The molecule has 0 bridgehead atoms. The molecule has 0 aliphatic heterocycles. The normalized spacial score (nSPS) is 12.5. The van der Waals surface area contributed by atoms with E-state index in [1.807, 2.05) is 42.5 Å². The molecule has 0 unspecified atom stereocenters. The van der Waals surface area contributed by atoms with Crippen molar-refractivity contribution in [2.75, 3.05) is 0 Å². The fourth-order valence-electron chi connectivity index (χ4n) is 7.57. The summed E-state index contributed by atoms with van der Waals surface area (Å²) in [7, 11) is 0. The minimum Gasteiger partial charge on any atom is -0.455 e. The van der Waals surface area contributed by atoms with Gasteiger partial charge in [-0.2, -0.15) is 0 Å². The van der Waals surface area contributed by atoms with Crippen molar-refractivity contribution in [3.05, 3.63) is 169 Å². The van der Waals surface area contributed by atoms with E-state index in [-0.39, 0.29) is 0 Å². The van der Waals surface area contributed by atoms with Gasteiger partial charge in [-0.15, -0.1) is 0 Å². The Hall–Kier alpha value is -6.65. The lowest BCUT2D eigenvalue weighted by atomic mass is 9.84. The van der Waals surface area contributed by atoms with Crippen LogP contribution < -0.4 is 0 Å². The fraction of sp³-hybridized carbons (Fsp3) is 0.0426. The van der Waals surface area contributed by atoms with Crippen molar-refractivity contribution in [2.45, 2.75) is 12.8 Å². The van der Waals surface area contributed by atoms with Crippen molar-refractivity contribution in [1.29, 1.82) is 0 Å². The highest BCUT2D eigenvalue weighted by atomic mass is 16.3. The van der Waals surface area contributed by atoms with Gasteiger partial charge >= 0.3 is 0 Å². The molecule has 0 radical (unpaired) electrons. The predicted octanol–water partition coefficient (Wildman–Crippen LogP) is 12.2. The standard InChI is InChI=1S/C47H31N3O/c1-3-14-31(15-4-1)45-48-46(32-16-5-2-6-17-32)50-47(49-45)40-28-26-38(36-19-9-10-20-37(36)40)39-27-25-35(34-24-23-30-13-7-8-18-33(30)29-34)44-43(39)41-21-11-12-22-42(41)51-44/h1-8,10-18,20-29H,9,19H2. The highest BCUT2D eigenvalue weighted by Crippen LogP contribution is 2.45. The molecule has 1 aliphatic rings. The van der Waals surface area contributed by atoms with Crippen LogP contribution in [-0.4, -0.2) is 15.0 Å². The number of hydrogen-bond donors (Lipinski definition) is 0. The Balaban J connectivity index is 1.18. The average molecular weight is 654 g/mol. The number of aromatic nitrogens is 3. The SMILES string of the molecule is C1=Cc2c(-c3nc(-c4ccccc4)nc(-c4ccccc4)n3)ccc(-c3ccc(-c4ccc5ccccc5c4)c4oc5ccccc5c34)c2CC1. The Labute approximate surface area is 295 Å². The first-order valence-electron chi connectivity index (χ1n) is 17.4. The van der Waals surface area contributed by atoms with Crippen molar-refractivity contribution >= 4 is 38.8 Å². The zero-order valence-corrected chi connectivity index (χ0v) is 27.8. The van der Waals surface area contributed by atoms with E-state index < -0.39 is 0 Å². The van der Waals surface area contributed by atoms with Gasteiger partial charge < -0.3 is 4.42 Å². The van der Waals surface area contributed by atoms with Crippen molar-refractivity contribution in [3.63, 3.8) is 0 Å². The zero-order chi connectivity index (χ0) is 33.7. The van der Waals surface area contributed by atoms with Crippen molar-refractivity contribution in [2.24, 2.45) is 0 Å². The third-order valence-electron chi connectivity index (χ3n) is 10.0. The maximum absolute atomic E-state index is 6.72. The Bertz CT molecular complexity index is 2740. The molecule has 10 rings (SSSR count). The molecule has 7 aromatic carbocycles. The first-order valence-corrected chi connectivity index (χ1v) is 17.4. The molecule has 0 saturated heterocycles. The summed E-state index contributed by atoms with van der Waals surface area (Å²) < 4.78 is 6.72. The molecule has 9 aromatic rings. The van der Waals surface area contributed by atoms with E-state index in [0.717, 1.165) is 68.2 Å². The molecule has 0 saturated carbocycles. The van der Waals surface area contributed by atoms with Crippen LogP contribution in [0.5, 0.6) is 0 Å². The van der Waals surface area contributed by atoms with Crippen LogP contribution >= 0.6 is 0 Å². The highest BCUT2D eigenvalue weighted by Gasteiger charge is 2.23. The van der Waals surface area contributed by atoms with Crippen LogP contribution in [0.2, 0.25) is 0 Å². The lowest BCUT2D eigenvalue weighted by Gasteiger charge is -2.20. The molecule has 2 heterocycles. The van der Waals surface area contributed by atoms with Gasteiger partial charge in [0.05, 0.1) is 0 Å². The van der Waals surface area contributed by atoms with Gasteiger partial charge in [-0.05, 0) is 75.7 Å². The van der Waals surface area contributed by atoms with E-state index in [1.54, 1.807) is 0 Å². The van der Waals surface area contributed by atoms with Gasteiger partial charge in [-0.1, -0.05) is 140 Å². The lowest BCUT2D eigenvalue weighted by Crippen LogP contribution is -2.05. The third kappa shape index (κ3) is 5.03. The second-order valence-corrected chi connectivity index (χ2v) is 13.1. The number of furan rings is 1. The van der Waals surface area contributed by atoms with Crippen LogP contribution in [0.4, 0.5) is 0 Å². The minimum atomic E-state index is 0.660. The van der Waals surface area contributed by atoms with E-state index in [2.05, 4.69) is 121 Å². The monoisotopic (exact) mass is 653 g/mol. The Morgan fingerprint density at radius 2 is 1.10 bits per heavy atom. The van der Waals surface area contributed by atoms with Gasteiger partial charge in [-0.3, -0.25) is 0 Å². The third-order valence-corrected chi connectivity index (χ3v) is 10.0. The summed E-state index contributed by atoms with van der Waals surface area (Å²) in [6.45, 7) is 0. The maximum atomic E-state index is 6.72. The van der Waals surface area contributed by atoms with Gasteiger partial charge in [-0.25, -0.2) is 15.0 Å². The number of hydrogen-bond acceptors (Lipinski definition) is 4. The molecule has 0 fully saturated rings. The lowest BCUT2D eigenvalue weighted by molar-refractivity contribution is 0.670. The van der Waals surface area contributed by atoms with Gasteiger partial charge in [0.2, 0.25) is 0 Å². The molecule has 240 valence electrons. The Morgan fingerprint density at radius 3 is 1.88 bits per heavy atom. The van der Waals surface area contributed by atoms with Gasteiger partial charge in [0.25, 0.3) is 0 Å². The topological polar surface area (TPSA) is 51.8 Å². The summed E-state index contributed by atoms with van der Waals surface area (Å²) in [5, 5.41) is 4.69. The summed E-state index contributed by atoms with van der Waals surface area (Å²) in [4.78, 5) is 15.1. The van der Waals surface area contributed by atoms with E-state index in [9.17, 15) is 0 Å². The van der Waals surface area contributed by atoms with Gasteiger partial charge in [0.15, 0.2) is 17.5 Å². The number of rotatable bonds is 5. The Morgan fingerprint density at radius 1 is 0.471 bits per heavy atom. The summed E-state index contributed by atoms with van der Waals surface area (Å²) in [5.74, 6) is 1.99. The van der Waals surface area contributed by atoms with E-state index >= 15 is 0 Å². The van der Waals surface area contributed by atoms with Crippen LogP contribution in [0, 0.1) is 0 Å². The van der Waals surface area contributed by atoms with E-state index in [0.29, 0.717) is 17.5 Å². The van der Waals surface area contributed by atoms with Crippen molar-refractivity contribution in [1.82, 2.24) is 15.0 Å². The van der Waals surface area contributed by atoms with E-state index in [1.165, 1.54) is 27.5 Å². The summed E-state index contributed by atoms with van der Waals surface area (Å²) in [6.07, 6.45) is 6.40. The van der Waals surface area contributed by atoms with Crippen molar-refractivity contribution < 1.29 is 4.42 Å². The summed E-state index contributed by atoms with van der Waals surface area (Å²) in [5.41, 5.74) is 11.8. The second-order valence-electron chi connectivity index (χ2n) is 13.1. The fourth-order valence-corrected chi connectivity index (χ4v) is 7.57. The number of benzene rings is 7. The first-order chi connectivity index (χ1) is 25.3. The van der Waals surface area contributed by atoms with Crippen LogP contribution in [-0.2, 0) is 6.42 Å².